The molecule has 18 heavy (non-hydrogen) atoms. The lowest BCUT2D eigenvalue weighted by molar-refractivity contribution is 0.456. The van der Waals surface area contributed by atoms with Gasteiger partial charge in [-0.3, -0.25) is 0 Å². The summed E-state index contributed by atoms with van der Waals surface area (Å²) in [5.74, 6) is 0.573. The monoisotopic (exact) mass is 246 g/mol. The lowest BCUT2D eigenvalue weighted by Gasteiger charge is -2.11. The molecule has 0 aliphatic heterocycles. The molecule has 0 spiro atoms. The summed E-state index contributed by atoms with van der Waals surface area (Å²) in [7, 11) is 1.89. The summed E-state index contributed by atoms with van der Waals surface area (Å²) >= 11 is 0. The van der Waals surface area contributed by atoms with Crippen molar-refractivity contribution >= 4 is 0 Å². The summed E-state index contributed by atoms with van der Waals surface area (Å²) in [6, 6.07) is 9.97. The first-order valence-electron chi connectivity index (χ1n) is 5.75. The first kappa shape index (κ1) is 12.5. The van der Waals surface area contributed by atoms with E-state index in [2.05, 4.69) is 10.3 Å². The Kier molecular flexibility index (Phi) is 3.89. The summed E-state index contributed by atoms with van der Waals surface area (Å²) in [4.78, 5) is 4.11. The van der Waals surface area contributed by atoms with E-state index in [-0.39, 0.29) is 11.9 Å². The van der Waals surface area contributed by atoms with Gasteiger partial charge in [-0.15, -0.1) is 0 Å². The molecule has 0 radical (unpaired) electrons. The second kappa shape index (κ2) is 5.60. The van der Waals surface area contributed by atoms with E-state index in [0.29, 0.717) is 11.6 Å². The molecule has 94 valence electrons. The highest BCUT2D eigenvalue weighted by Crippen LogP contribution is 2.22. The van der Waals surface area contributed by atoms with E-state index in [9.17, 15) is 4.39 Å². The fourth-order valence-electron chi connectivity index (χ4n) is 1.57. The average molecular weight is 246 g/mol. The average Bonchev–Trinajstić information content (AvgIpc) is 2.38. The van der Waals surface area contributed by atoms with Gasteiger partial charge in [0, 0.05) is 24.4 Å². The first-order valence-corrected chi connectivity index (χ1v) is 5.75. The number of hydrogen-bond donors (Lipinski definition) is 1. The van der Waals surface area contributed by atoms with Gasteiger partial charge in [0.1, 0.15) is 11.6 Å². The van der Waals surface area contributed by atoms with Crippen molar-refractivity contribution in [3.63, 3.8) is 0 Å². The highest BCUT2D eigenvalue weighted by Gasteiger charge is 2.05. The zero-order valence-corrected chi connectivity index (χ0v) is 10.4. The van der Waals surface area contributed by atoms with E-state index in [1.165, 1.54) is 12.1 Å². The van der Waals surface area contributed by atoms with Gasteiger partial charge in [0.05, 0.1) is 0 Å². The van der Waals surface area contributed by atoms with Crippen molar-refractivity contribution in [1.29, 1.82) is 0 Å². The van der Waals surface area contributed by atoms with Crippen LogP contribution >= 0.6 is 0 Å². The number of aromatic nitrogens is 1. The molecule has 2 rings (SSSR count). The largest absolute Gasteiger partial charge is 0.439 e. The Morgan fingerprint density at radius 1 is 1.28 bits per heavy atom. The van der Waals surface area contributed by atoms with Crippen LogP contribution in [0.1, 0.15) is 18.5 Å². The number of nitrogens with zero attached hydrogens (tertiary/aromatic N) is 1. The maximum Gasteiger partial charge on any atom is 0.219 e. The van der Waals surface area contributed by atoms with Crippen LogP contribution in [0.3, 0.4) is 0 Å². The quantitative estimate of drug-likeness (QED) is 0.898. The third kappa shape index (κ3) is 3.05. The summed E-state index contributed by atoms with van der Waals surface area (Å²) < 4.78 is 18.5. The van der Waals surface area contributed by atoms with Crippen LogP contribution in [-0.2, 0) is 0 Å². The van der Waals surface area contributed by atoms with Gasteiger partial charge in [-0.25, -0.2) is 9.37 Å². The lowest BCUT2D eigenvalue weighted by atomic mass is 10.1. The second-order valence-corrected chi connectivity index (χ2v) is 4.00. The number of benzene rings is 1. The van der Waals surface area contributed by atoms with Crippen molar-refractivity contribution < 1.29 is 9.13 Å². The Labute approximate surface area is 106 Å². The van der Waals surface area contributed by atoms with Crippen LogP contribution in [-0.4, -0.2) is 12.0 Å². The minimum Gasteiger partial charge on any atom is -0.439 e. The molecule has 1 unspecified atom stereocenters. The third-order valence-electron chi connectivity index (χ3n) is 2.71. The van der Waals surface area contributed by atoms with Crippen LogP contribution in [0.5, 0.6) is 11.6 Å². The predicted molar refractivity (Wildman–Crippen MR) is 68.2 cm³/mol. The zero-order chi connectivity index (χ0) is 13.0. The van der Waals surface area contributed by atoms with Gasteiger partial charge in [0.15, 0.2) is 0 Å². The lowest BCUT2D eigenvalue weighted by Crippen LogP contribution is -2.12. The van der Waals surface area contributed by atoms with Crippen molar-refractivity contribution in [2.24, 2.45) is 0 Å². The highest BCUT2D eigenvalue weighted by molar-refractivity contribution is 5.30. The van der Waals surface area contributed by atoms with Gasteiger partial charge in [0.2, 0.25) is 5.88 Å². The molecule has 0 aliphatic rings. The van der Waals surface area contributed by atoms with Crippen LogP contribution in [0, 0.1) is 5.82 Å². The Balaban J connectivity index is 2.19. The maximum absolute atomic E-state index is 13.0. The van der Waals surface area contributed by atoms with Gasteiger partial charge in [-0.05, 0) is 37.7 Å². The molecule has 1 atom stereocenters. The number of nitrogens with one attached hydrogen (secondary N) is 1. The van der Waals surface area contributed by atoms with Crippen molar-refractivity contribution in [2.75, 3.05) is 7.05 Å². The highest BCUT2D eigenvalue weighted by atomic mass is 19.1. The smallest absolute Gasteiger partial charge is 0.219 e. The van der Waals surface area contributed by atoms with Gasteiger partial charge in [-0.1, -0.05) is 6.07 Å². The Hall–Kier alpha value is -1.94. The normalized spacial score (nSPS) is 12.2. The minimum absolute atomic E-state index is 0.211. The fraction of sp³-hybridized carbons (Fsp3) is 0.214. The first-order chi connectivity index (χ1) is 8.69. The van der Waals surface area contributed by atoms with Crippen LogP contribution in [0.4, 0.5) is 4.39 Å². The SMILES string of the molecule is CNC(C)c1ccnc(Oc2cccc(F)c2)c1. The standard InChI is InChI=1S/C14H15FN2O/c1-10(16-2)11-6-7-17-14(8-11)18-13-5-3-4-12(15)9-13/h3-10,16H,1-2H3. The molecule has 0 fully saturated rings. The summed E-state index contributed by atoms with van der Waals surface area (Å²) in [6.07, 6.45) is 1.68. The zero-order valence-electron chi connectivity index (χ0n) is 10.4. The molecule has 0 saturated carbocycles. The maximum atomic E-state index is 13.0. The Morgan fingerprint density at radius 3 is 2.83 bits per heavy atom. The van der Waals surface area contributed by atoms with Crippen molar-refractivity contribution in [3.8, 4) is 11.6 Å². The van der Waals surface area contributed by atoms with E-state index >= 15 is 0 Å². The van der Waals surface area contributed by atoms with Crippen LogP contribution in [0.2, 0.25) is 0 Å². The van der Waals surface area contributed by atoms with E-state index in [0.717, 1.165) is 5.56 Å². The van der Waals surface area contributed by atoms with E-state index < -0.39 is 0 Å². The molecule has 0 bridgehead atoms. The summed E-state index contributed by atoms with van der Waals surface area (Å²) in [6.45, 7) is 2.04. The van der Waals surface area contributed by atoms with Gasteiger partial charge in [0.25, 0.3) is 0 Å². The molecule has 1 aromatic heterocycles. The van der Waals surface area contributed by atoms with Gasteiger partial charge >= 0.3 is 0 Å². The van der Waals surface area contributed by atoms with Gasteiger partial charge in [-0.2, -0.15) is 0 Å². The summed E-state index contributed by atoms with van der Waals surface area (Å²) in [5, 5.41) is 3.14. The predicted octanol–water partition coefficient (Wildman–Crippen LogP) is 3.29. The number of hydrogen-bond acceptors (Lipinski definition) is 3. The van der Waals surface area contributed by atoms with Crippen LogP contribution in [0.15, 0.2) is 42.6 Å². The molecular weight excluding hydrogens is 231 g/mol. The van der Waals surface area contributed by atoms with Crippen molar-refractivity contribution in [1.82, 2.24) is 10.3 Å². The van der Waals surface area contributed by atoms with E-state index in [1.54, 1.807) is 18.3 Å². The third-order valence-corrected chi connectivity index (χ3v) is 2.71. The van der Waals surface area contributed by atoms with Crippen LogP contribution in [0.25, 0.3) is 0 Å². The molecule has 3 nitrogen and oxygen atoms in total. The fourth-order valence-corrected chi connectivity index (χ4v) is 1.57. The number of rotatable bonds is 4. The van der Waals surface area contributed by atoms with E-state index in [1.807, 2.05) is 26.1 Å². The molecule has 0 saturated heterocycles. The topological polar surface area (TPSA) is 34.2 Å². The molecule has 0 amide bonds. The molecular formula is C14H15FN2O. The second-order valence-electron chi connectivity index (χ2n) is 4.00. The van der Waals surface area contributed by atoms with Crippen molar-refractivity contribution in [2.45, 2.75) is 13.0 Å². The van der Waals surface area contributed by atoms with Gasteiger partial charge < -0.3 is 10.1 Å². The number of pyridine rings is 1. The van der Waals surface area contributed by atoms with Crippen LogP contribution < -0.4 is 10.1 Å². The number of ether oxygens (including phenoxy) is 1. The minimum atomic E-state index is -0.327. The molecule has 0 aliphatic carbocycles. The number of halogens is 1. The molecule has 4 heteroatoms. The molecule has 1 heterocycles. The molecule has 1 N–H and O–H groups in total. The Morgan fingerprint density at radius 2 is 2.11 bits per heavy atom. The van der Waals surface area contributed by atoms with Crippen molar-refractivity contribution in [3.05, 3.63) is 54.0 Å². The molecule has 1 aromatic carbocycles. The Bertz CT molecular complexity index is 531. The summed E-state index contributed by atoms with van der Waals surface area (Å²) in [5.41, 5.74) is 1.07. The molecule has 2 aromatic rings. The van der Waals surface area contributed by atoms with E-state index in [4.69, 9.17) is 4.74 Å².